The van der Waals surface area contributed by atoms with Gasteiger partial charge in [0.25, 0.3) is 0 Å². The lowest BCUT2D eigenvalue weighted by Crippen LogP contribution is -2.31. The zero-order valence-electron chi connectivity index (χ0n) is 27.1. The van der Waals surface area contributed by atoms with Gasteiger partial charge < -0.3 is 35.7 Å². The number of ether oxygens (including phenoxy) is 3. The molecule has 0 saturated carbocycles. The Hall–Kier alpha value is -4.35. The number of aliphatic hydroxyl groups is 1. The topological polar surface area (TPSA) is 132 Å². The van der Waals surface area contributed by atoms with E-state index in [0.29, 0.717) is 54.9 Å². The van der Waals surface area contributed by atoms with Gasteiger partial charge in [-0.2, -0.15) is 0 Å². The van der Waals surface area contributed by atoms with Gasteiger partial charge in [0.15, 0.2) is 6.29 Å². The van der Waals surface area contributed by atoms with E-state index in [-0.39, 0.29) is 30.6 Å². The maximum absolute atomic E-state index is 12.8. The Labute approximate surface area is 286 Å². The van der Waals surface area contributed by atoms with Crippen LogP contribution < -0.4 is 21.1 Å². The van der Waals surface area contributed by atoms with Crippen molar-refractivity contribution in [2.24, 2.45) is 0 Å². The van der Waals surface area contributed by atoms with Gasteiger partial charge in [-0.25, -0.2) is 0 Å². The zero-order valence-corrected chi connectivity index (χ0v) is 27.9. The molecule has 1 fully saturated rings. The average Bonchev–Trinajstić information content (AvgIpc) is 3.11. The number of unbranched alkanes of at least 4 members (excludes halogenated alkanes) is 2. The van der Waals surface area contributed by atoms with E-state index in [4.69, 9.17) is 19.9 Å². The first-order valence-corrected chi connectivity index (χ1v) is 17.2. The molecule has 0 aliphatic carbocycles. The van der Waals surface area contributed by atoms with E-state index >= 15 is 0 Å². The Morgan fingerprint density at radius 1 is 0.854 bits per heavy atom. The number of amides is 2. The highest BCUT2D eigenvalue weighted by atomic mass is 32.2. The fourth-order valence-corrected chi connectivity index (χ4v) is 6.55. The smallest absolute Gasteiger partial charge is 0.224 e. The summed E-state index contributed by atoms with van der Waals surface area (Å²) in [6, 6.07) is 30.5. The highest BCUT2D eigenvalue weighted by Crippen LogP contribution is 2.40. The Kier molecular flexibility index (Phi) is 12.9. The molecule has 0 bridgehead atoms. The van der Waals surface area contributed by atoms with Crippen LogP contribution in [0.25, 0.3) is 0 Å². The molecule has 4 aromatic carbocycles. The molecule has 5 N–H and O–H groups in total. The van der Waals surface area contributed by atoms with E-state index in [1.165, 1.54) is 0 Å². The monoisotopic (exact) mass is 669 g/mol. The number of carbonyl (C=O) groups is 2. The molecule has 2 amide bonds. The van der Waals surface area contributed by atoms with Gasteiger partial charge >= 0.3 is 0 Å². The molecular weight excluding hydrogens is 627 g/mol. The molecular formula is C38H43N3O6S. The molecule has 9 nitrogen and oxygen atoms in total. The van der Waals surface area contributed by atoms with Crippen LogP contribution >= 0.6 is 11.8 Å². The fourth-order valence-electron chi connectivity index (χ4n) is 5.50. The number of carbonyl (C=O) groups excluding carboxylic acids is 2. The van der Waals surface area contributed by atoms with Crippen LogP contribution in [0.2, 0.25) is 0 Å². The van der Waals surface area contributed by atoms with Crippen LogP contribution in [0.4, 0.5) is 17.1 Å². The van der Waals surface area contributed by atoms with Crippen LogP contribution in [0.1, 0.15) is 67.6 Å². The fraction of sp³-hybridized carbons (Fsp3) is 0.316. The summed E-state index contributed by atoms with van der Waals surface area (Å²) < 4.78 is 18.5. The van der Waals surface area contributed by atoms with Gasteiger partial charge in [0, 0.05) is 41.2 Å². The molecule has 3 atom stereocenters. The van der Waals surface area contributed by atoms with Crippen molar-refractivity contribution < 1.29 is 28.9 Å². The van der Waals surface area contributed by atoms with E-state index in [1.54, 1.807) is 31.0 Å². The predicted octanol–water partition coefficient (Wildman–Crippen LogP) is 7.64. The molecule has 1 heterocycles. The van der Waals surface area contributed by atoms with Crippen LogP contribution in [0, 0.1) is 0 Å². The van der Waals surface area contributed by atoms with Gasteiger partial charge in [-0.05, 0) is 60.4 Å². The summed E-state index contributed by atoms with van der Waals surface area (Å²) in [6.45, 7) is -0.0178. The minimum Gasteiger partial charge on any atom is -0.496 e. The minimum atomic E-state index is -0.640. The van der Waals surface area contributed by atoms with Crippen molar-refractivity contribution in [3.05, 3.63) is 114 Å². The maximum Gasteiger partial charge on any atom is 0.224 e. The molecule has 1 saturated heterocycles. The van der Waals surface area contributed by atoms with Crippen LogP contribution in [0.3, 0.4) is 0 Å². The third-order valence-electron chi connectivity index (χ3n) is 8.09. The minimum absolute atomic E-state index is 0.0178. The standard InChI is InChI=1S/C38H43N3O6S/c1-45-33-14-7-8-15-35(33)48-25-30-23-34(27-20-18-26(24-42)19-21-27)47-38(46-30)28-10-9-11-29(22-28)40-36(43)16-3-2-4-17-37(44)41-32-13-6-5-12-31(32)39/h5-15,18-22,30,34,38,42H,2-4,16-17,23-25,39H2,1H3,(H,40,43)(H,41,44)/t30-,34+,38+/m1/s1. The van der Waals surface area contributed by atoms with Crippen molar-refractivity contribution >= 4 is 40.6 Å². The molecule has 0 radical (unpaired) electrons. The van der Waals surface area contributed by atoms with Crippen molar-refractivity contribution in [3.8, 4) is 5.75 Å². The number of hydrogen-bond donors (Lipinski definition) is 4. The Morgan fingerprint density at radius 3 is 2.33 bits per heavy atom. The number of nitrogens with one attached hydrogen (secondary N) is 2. The number of rotatable bonds is 15. The maximum atomic E-state index is 12.8. The second kappa shape index (κ2) is 17.7. The largest absolute Gasteiger partial charge is 0.496 e. The average molecular weight is 670 g/mol. The van der Waals surface area contributed by atoms with E-state index in [2.05, 4.69) is 10.6 Å². The van der Waals surface area contributed by atoms with E-state index in [1.807, 2.05) is 84.9 Å². The first-order valence-electron chi connectivity index (χ1n) is 16.2. The lowest BCUT2D eigenvalue weighted by atomic mass is 10.0. The number of hydrogen-bond acceptors (Lipinski definition) is 8. The molecule has 1 aliphatic heterocycles. The molecule has 0 unspecified atom stereocenters. The highest BCUT2D eigenvalue weighted by Gasteiger charge is 2.32. The van der Waals surface area contributed by atoms with Crippen LogP contribution in [-0.2, 0) is 25.7 Å². The summed E-state index contributed by atoms with van der Waals surface area (Å²) in [7, 11) is 1.67. The summed E-state index contributed by atoms with van der Waals surface area (Å²) in [6.07, 6.45) is 2.50. The molecule has 252 valence electrons. The van der Waals surface area contributed by atoms with Gasteiger partial charge in [0.1, 0.15) is 5.75 Å². The number of para-hydroxylation sites is 3. The number of benzene rings is 4. The quantitative estimate of drug-likeness (QED) is 0.0577. The SMILES string of the molecule is COc1ccccc1SC[C@H]1C[C@@H](c2ccc(CO)cc2)O[C@@H](c2cccc(NC(=O)CCCCCC(=O)Nc3ccccc3N)c2)O1. The van der Waals surface area contributed by atoms with Crippen LogP contribution in [0.5, 0.6) is 5.75 Å². The second-order valence-corrected chi connectivity index (χ2v) is 12.7. The van der Waals surface area contributed by atoms with Crippen molar-refractivity contribution in [1.82, 2.24) is 0 Å². The molecule has 0 spiro atoms. The van der Waals surface area contributed by atoms with Crippen molar-refractivity contribution in [2.75, 3.05) is 29.2 Å². The Balaban J connectivity index is 1.16. The third kappa shape index (κ3) is 10.1. The highest BCUT2D eigenvalue weighted by molar-refractivity contribution is 7.99. The van der Waals surface area contributed by atoms with Crippen molar-refractivity contribution in [2.45, 2.75) is 68.5 Å². The van der Waals surface area contributed by atoms with Gasteiger partial charge in [0.05, 0.1) is 37.3 Å². The lowest BCUT2D eigenvalue weighted by Gasteiger charge is -2.36. The zero-order chi connectivity index (χ0) is 33.7. The molecule has 4 aromatic rings. The normalized spacial score (nSPS) is 17.4. The van der Waals surface area contributed by atoms with Gasteiger partial charge in [-0.3, -0.25) is 9.59 Å². The first kappa shape index (κ1) is 35.0. The number of anilines is 3. The van der Waals surface area contributed by atoms with Crippen molar-refractivity contribution in [1.29, 1.82) is 0 Å². The summed E-state index contributed by atoms with van der Waals surface area (Å²) in [5.41, 5.74) is 10.4. The van der Waals surface area contributed by atoms with E-state index in [9.17, 15) is 14.7 Å². The Bertz CT molecular complexity index is 1650. The van der Waals surface area contributed by atoms with E-state index in [0.717, 1.165) is 33.8 Å². The summed E-state index contributed by atoms with van der Waals surface area (Å²) >= 11 is 1.68. The van der Waals surface area contributed by atoms with E-state index < -0.39 is 6.29 Å². The predicted molar refractivity (Wildman–Crippen MR) is 190 cm³/mol. The summed E-state index contributed by atoms with van der Waals surface area (Å²) in [5, 5.41) is 15.3. The Morgan fingerprint density at radius 2 is 1.58 bits per heavy atom. The van der Waals surface area contributed by atoms with Crippen LogP contribution in [-0.4, -0.2) is 35.9 Å². The number of methoxy groups -OCH3 is 1. The van der Waals surface area contributed by atoms with Crippen molar-refractivity contribution in [3.63, 3.8) is 0 Å². The molecule has 5 rings (SSSR count). The number of aliphatic hydroxyl groups excluding tert-OH is 1. The number of nitrogens with two attached hydrogens (primary N) is 1. The van der Waals surface area contributed by atoms with Gasteiger partial charge in [0.2, 0.25) is 11.8 Å². The van der Waals surface area contributed by atoms with Gasteiger partial charge in [-0.15, -0.1) is 11.8 Å². The first-order chi connectivity index (χ1) is 23.4. The molecule has 0 aromatic heterocycles. The number of nitrogen functional groups attached to an aromatic ring is 1. The third-order valence-corrected chi connectivity index (χ3v) is 9.28. The lowest BCUT2D eigenvalue weighted by molar-refractivity contribution is -0.245. The molecule has 10 heteroatoms. The summed E-state index contributed by atoms with van der Waals surface area (Å²) in [4.78, 5) is 26.1. The summed E-state index contributed by atoms with van der Waals surface area (Å²) in [5.74, 6) is 1.34. The van der Waals surface area contributed by atoms with Crippen LogP contribution in [0.15, 0.2) is 102 Å². The van der Waals surface area contributed by atoms with Gasteiger partial charge in [-0.1, -0.05) is 67.1 Å². The molecule has 48 heavy (non-hydrogen) atoms. The number of thioether (sulfide) groups is 1. The molecule has 1 aliphatic rings. The second-order valence-electron chi connectivity index (χ2n) is 11.7.